The normalized spacial score (nSPS) is 17.0. The van der Waals surface area contributed by atoms with E-state index >= 15 is 0 Å². The minimum Gasteiger partial charge on any atom is -0.497 e. The van der Waals surface area contributed by atoms with Crippen LogP contribution in [0.1, 0.15) is 62.5 Å². The molecule has 0 unspecified atom stereocenters. The van der Waals surface area contributed by atoms with Gasteiger partial charge in [-0.05, 0) is 87.3 Å². The molecule has 2 aromatic carbocycles. The number of nitrogens with zero attached hydrogens (tertiary/aromatic N) is 3. The number of benzene rings is 2. The van der Waals surface area contributed by atoms with Crippen LogP contribution in [-0.4, -0.2) is 72.4 Å². The summed E-state index contributed by atoms with van der Waals surface area (Å²) in [5.41, 5.74) is 2.16. The van der Waals surface area contributed by atoms with Crippen LogP contribution >= 0.6 is 0 Å². The van der Waals surface area contributed by atoms with Crippen molar-refractivity contribution in [3.05, 3.63) is 65.7 Å². The first-order valence-electron chi connectivity index (χ1n) is 15.0. The van der Waals surface area contributed by atoms with E-state index in [9.17, 15) is 22.8 Å². The SMILES string of the molecule is COc1ccc(CN(CCCN2CCC(Cc3ccccc3)CC2)C(=O)N(OC(=O)C(F)(F)F)C2CCCCC2)cc1. The fourth-order valence-corrected chi connectivity index (χ4v) is 5.91. The lowest BCUT2D eigenvalue weighted by molar-refractivity contribution is -0.236. The predicted molar refractivity (Wildman–Crippen MR) is 154 cm³/mol. The molecular formula is C32H42F3N3O4. The third kappa shape index (κ3) is 9.37. The average Bonchev–Trinajstić information content (AvgIpc) is 3.00. The third-order valence-electron chi connectivity index (χ3n) is 8.29. The maximum Gasteiger partial charge on any atom is 0.493 e. The summed E-state index contributed by atoms with van der Waals surface area (Å²) >= 11 is 0. The monoisotopic (exact) mass is 589 g/mol. The molecule has 0 radical (unpaired) electrons. The van der Waals surface area contributed by atoms with Crippen LogP contribution in [-0.2, 0) is 22.6 Å². The molecule has 7 nitrogen and oxygen atoms in total. The van der Waals surface area contributed by atoms with Gasteiger partial charge in [-0.1, -0.05) is 61.7 Å². The Labute approximate surface area is 246 Å². The number of rotatable bonds is 10. The molecule has 1 aliphatic heterocycles. The van der Waals surface area contributed by atoms with Crippen molar-refractivity contribution in [2.45, 2.75) is 76.6 Å². The Bertz CT molecular complexity index is 1120. The highest BCUT2D eigenvalue weighted by Crippen LogP contribution is 2.27. The lowest BCUT2D eigenvalue weighted by atomic mass is 9.90. The van der Waals surface area contributed by atoms with Crippen LogP contribution in [0.15, 0.2) is 54.6 Å². The molecule has 1 saturated carbocycles. The topological polar surface area (TPSA) is 62.3 Å². The van der Waals surface area contributed by atoms with Crippen LogP contribution in [0, 0.1) is 5.92 Å². The van der Waals surface area contributed by atoms with Gasteiger partial charge in [-0.3, -0.25) is 0 Å². The molecule has 4 rings (SSSR count). The van der Waals surface area contributed by atoms with E-state index in [-0.39, 0.29) is 6.54 Å². The van der Waals surface area contributed by atoms with Crippen molar-refractivity contribution >= 4 is 12.0 Å². The minimum atomic E-state index is -5.19. The molecule has 0 atom stereocenters. The number of amides is 2. The number of likely N-dealkylation sites (tertiary alicyclic amines) is 1. The van der Waals surface area contributed by atoms with Gasteiger partial charge < -0.3 is 19.4 Å². The Morgan fingerprint density at radius 2 is 1.57 bits per heavy atom. The van der Waals surface area contributed by atoms with E-state index in [0.29, 0.717) is 42.5 Å². The van der Waals surface area contributed by atoms with E-state index in [1.165, 1.54) is 10.5 Å². The van der Waals surface area contributed by atoms with Crippen molar-refractivity contribution < 1.29 is 32.3 Å². The maximum absolute atomic E-state index is 13.8. The lowest BCUT2D eigenvalue weighted by Gasteiger charge is -2.36. The predicted octanol–water partition coefficient (Wildman–Crippen LogP) is 6.62. The fourth-order valence-electron chi connectivity index (χ4n) is 5.91. The van der Waals surface area contributed by atoms with Gasteiger partial charge >= 0.3 is 18.2 Å². The summed E-state index contributed by atoms with van der Waals surface area (Å²) in [6.07, 6.45) is 2.18. The molecule has 0 N–H and O–H groups in total. The second-order valence-electron chi connectivity index (χ2n) is 11.4. The fraction of sp³-hybridized carbons (Fsp3) is 0.562. The van der Waals surface area contributed by atoms with Gasteiger partial charge in [0.2, 0.25) is 0 Å². The van der Waals surface area contributed by atoms with E-state index in [1.807, 2.05) is 18.2 Å². The number of carbonyl (C=O) groups excluding carboxylic acids is 2. The molecule has 2 aromatic rings. The number of carbonyl (C=O) groups is 2. The zero-order valence-electron chi connectivity index (χ0n) is 24.4. The van der Waals surface area contributed by atoms with Gasteiger partial charge in [-0.25, -0.2) is 9.59 Å². The first kappa shape index (κ1) is 31.7. The third-order valence-corrected chi connectivity index (χ3v) is 8.29. The summed E-state index contributed by atoms with van der Waals surface area (Å²) in [6, 6.07) is 16.4. The molecule has 0 spiro atoms. The Balaban J connectivity index is 1.40. The molecular weight excluding hydrogens is 547 g/mol. The molecule has 2 amide bonds. The van der Waals surface area contributed by atoms with Crippen molar-refractivity contribution in [3.63, 3.8) is 0 Å². The van der Waals surface area contributed by atoms with Gasteiger partial charge in [0.1, 0.15) is 5.75 Å². The summed E-state index contributed by atoms with van der Waals surface area (Å²) in [4.78, 5) is 34.3. The summed E-state index contributed by atoms with van der Waals surface area (Å²) in [7, 11) is 1.56. The van der Waals surface area contributed by atoms with Crippen LogP contribution in [0.5, 0.6) is 5.75 Å². The van der Waals surface area contributed by atoms with E-state index < -0.39 is 24.2 Å². The number of piperidine rings is 1. The molecule has 1 saturated heterocycles. The first-order chi connectivity index (χ1) is 20.2. The Hall–Kier alpha value is -3.27. The molecule has 2 aliphatic rings. The van der Waals surface area contributed by atoms with Gasteiger partial charge in [0, 0.05) is 13.1 Å². The number of hydrogen-bond donors (Lipinski definition) is 0. The van der Waals surface area contributed by atoms with Crippen molar-refractivity contribution in [3.8, 4) is 5.75 Å². The number of hydroxylamine groups is 2. The Kier molecular flexibility index (Phi) is 11.5. The molecule has 2 fully saturated rings. The van der Waals surface area contributed by atoms with Gasteiger partial charge in [0.05, 0.1) is 13.2 Å². The minimum absolute atomic E-state index is 0.175. The lowest BCUT2D eigenvalue weighted by Crippen LogP contribution is -2.51. The number of urea groups is 1. The van der Waals surface area contributed by atoms with Gasteiger partial charge in [0.15, 0.2) is 0 Å². The molecule has 42 heavy (non-hydrogen) atoms. The highest BCUT2D eigenvalue weighted by Gasteiger charge is 2.45. The summed E-state index contributed by atoms with van der Waals surface area (Å²) < 4.78 is 44.8. The van der Waals surface area contributed by atoms with Crippen molar-refractivity contribution in [2.75, 3.05) is 33.3 Å². The summed E-state index contributed by atoms with van der Waals surface area (Å²) in [6.45, 7) is 3.22. The number of methoxy groups -OCH3 is 1. The zero-order valence-corrected chi connectivity index (χ0v) is 24.4. The van der Waals surface area contributed by atoms with E-state index in [4.69, 9.17) is 9.57 Å². The highest BCUT2D eigenvalue weighted by atomic mass is 19.4. The summed E-state index contributed by atoms with van der Waals surface area (Å²) in [5, 5.41) is 0.702. The quantitative estimate of drug-likeness (QED) is 0.292. The Morgan fingerprint density at radius 1 is 0.905 bits per heavy atom. The standard InChI is InChI=1S/C32H42F3N3O4/c1-41-29-15-13-27(14-16-29)24-37(31(40)38(28-11-6-3-7-12-28)42-30(39)32(33,34)35)20-8-19-36-21-17-26(18-22-36)23-25-9-4-2-5-10-25/h2,4-5,9-10,13-16,26,28H,3,6-8,11-12,17-24H2,1H3. The van der Waals surface area contributed by atoms with Crippen LogP contribution < -0.4 is 4.74 Å². The second-order valence-corrected chi connectivity index (χ2v) is 11.4. The van der Waals surface area contributed by atoms with Gasteiger partial charge in [-0.15, -0.1) is 5.06 Å². The molecule has 10 heteroatoms. The zero-order chi connectivity index (χ0) is 30.0. The first-order valence-corrected chi connectivity index (χ1v) is 15.0. The van der Waals surface area contributed by atoms with Crippen LogP contribution in [0.4, 0.5) is 18.0 Å². The summed E-state index contributed by atoms with van der Waals surface area (Å²) in [5.74, 6) is -1.07. The van der Waals surface area contributed by atoms with Gasteiger partial charge in [-0.2, -0.15) is 13.2 Å². The smallest absolute Gasteiger partial charge is 0.493 e. The van der Waals surface area contributed by atoms with E-state index in [1.54, 1.807) is 19.2 Å². The molecule has 1 heterocycles. The van der Waals surface area contributed by atoms with Crippen molar-refractivity contribution in [1.82, 2.24) is 14.9 Å². The van der Waals surface area contributed by atoms with E-state index in [2.05, 4.69) is 29.2 Å². The van der Waals surface area contributed by atoms with Crippen molar-refractivity contribution in [2.24, 2.45) is 5.92 Å². The molecule has 230 valence electrons. The van der Waals surface area contributed by atoms with Crippen LogP contribution in [0.3, 0.4) is 0 Å². The molecule has 0 bridgehead atoms. The second kappa shape index (κ2) is 15.3. The maximum atomic E-state index is 13.8. The number of ether oxygens (including phenoxy) is 1. The Morgan fingerprint density at radius 3 is 2.19 bits per heavy atom. The molecule has 1 aliphatic carbocycles. The average molecular weight is 590 g/mol. The number of alkyl halides is 3. The van der Waals surface area contributed by atoms with Gasteiger partial charge in [0.25, 0.3) is 0 Å². The largest absolute Gasteiger partial charge is 0.497 e. The van der Waals surface area contributed by atoms with Crippen LogP contribution in [0.25, 0.3) is 0 Å². The van der Waals surface area contributed by atoms with E-state index in [0.717, 1.165) is 63.7 Å². The van der Waals surface area contributed by atoms with Crippen molar-refractivity contribution in [1.29, 1.82) is 0 Å². The molecule has 0 aromatic heterocycles. The number of halogens is 3. The number of hydrogen-bond acceptors (Lipinski definition) is 5. The highest BCUT2D eigenvalue weighted by molar-refractivity contribution is 5.79. The van der Waals surface area contributed by atoms with Crippen LogP contribution in [0.2, 0.25) is 0 Å².